The highest BCUT2D eigenvalue weighted by molar-refractivity contribution is 5.88. The molecule has 0 aromatic heterocycles. The van der Waals surface area contributed by atoms with Crippen molar-refractivity contribution in [2.45, 2.75) is 26.3 Å². The molecule has 3 aliphatic rings. The van der Waals surface area contributed by atoms with Crippen LogP contribution in [0.1, 0.15) is 25.3 Å². The number of carbonyl (C=O) groups is 2. The summed E-state index contributed by atoms with van der Waals surface area (Å²) in [6.07, 6.45) is 8.59. The molecule has 0 atom stereocenters. The van der Waals surface area contributed by atoms with E-state index >= 15 is 0 Å². The average molecular weight is 452 g/mol. The molecular formula is C26H37N5O2. The minimum Gasteiger partial charge on any atom is -0.377 e. The van der Waals surface area contributed by atoms with Crippen molar-refractivity contribution in [3.63, 3.8) is 0 Å². The molecule has 2 fully saturated rings. The first kappa shape index (κ1) is 23.5. The van der Waals surface area contributed by atoms with Crippen LogP contribution >= 0.6 is 0 Å². The zero-order valence-corrected chi connectivity index (χ0v) is 20.0. The van der Waals surface area contributed by atoms with E-state index in [0.29, 0.717) is 5.91 Å². The molecule has 4 rings (SSSR count). The van der Waals surface area contributed by atoms with Crippen LogP contribution in [0.3, 0.4) is 0 Å². The summed E-state index contributed by atoms with van der Waals surface area (Å²) in [6.45, 7) is 9.83. The predicted molar refractivity (Wildman–Crippen MR) is 132 cm³/mol. The van der Waals surface area contributed by atoms with Gasteiger partial charge in [-0.3, -0.25) is 19.4 Å². The van der Waals surface area contributed by atoms with Gasteiger partial charge >= 0.3 is 0 Å². The lowest BCUT2D eigenvalue weighted by molar-refractivity contribution is -0.138. The Morgan fingerprint density at radius 1 is 0.939 bits per heavy atom. The molecule has 7 nitrogen and oxygen atoms in total. The number of anilines is 1. The van der Waals surface area contributed by atoms with Gasteiger partial charge in [-0.1, -0.05) is 18.2 Å². The molecule has 0 unspecified atom stereocenters. The third-order valence-corrected chi connectivity index (χ3v) is 6.89. The molecule has 33 heavy (non-hydrogen) atoms. The maximum absolute atomic E-state index is 13.1. The van der Waals surface area contributed by atoms with Gasteiger partial charge < -0.3 is 15.1 Å². The van der Waals surface area contributed by atoms with E-state index in [0.717, 1.165) is 77.4 Å². The van der Waals surface area contributed by atoms with E-state index in [4.69, 9.17) is 0 Å². The van der Waals surface area contributed by atoms with Gasteiger partial charge in [-0.25, -0.2) is 0 Å². The highest BCUT2D eigenvalue weighted by Gasteiger charge is 2.30. The van der Waals surface area contributed by atoms with Gasteiger partial charge in [-0.15, -0.1) is 0 Å². The van der Waals surface area contributed by atoms with E-state index in [2.05, 4.69) is 62.4 Å². The number of benzene rings is 1. The molecule has 1 aromatic rings. The van der Waals surface area contributed by atoms with Crippen molar-refractivity contribution >= 4 is 17.5 Å². The maximum atomic E-state index is 13.1. The van der Waals surface area contributed by atoms with Crippen LogP contribution in [0.2, 0.25) is 0 Å². The number of nitrogens with one attached hydrogen (secondary N) is 1. The van der Waals surface area contributed by atoms with E-state index in [9.17, 15) is 9.59 Å². The number of piperidine rings is 1. The number of piperazine rings is 1. The van der Waals surface area contributed by atoms with Gasteiger partial charge in [0.15, 0.2) is 0 Å². The van der Waals surface area contributed by atoms with Gasteiger partial charge in [0.1, 0.15) is 0 Å². The van der Waals surface area contributed by atoms with Crippen LogP contribution in [0.5, 0.6) is 0 Å². The molecule has 0 saturated carbocycles. The van der Waals surface area contributed by atoms with Gasteiger partial charge in [-0.2, -0.15) is 0 Å². The summed E-state index contributed by atoms with van der Waals surface area (Å²) in [5.74, 6) is 0.476. The maximum Gasteiger partial charge on any atom is 0.225 e. The number of hydrogen-bond acceptors (Lipinski definition) is 5. The van der Waals surface area contributed by atoms with Crippen molar-refractivity contribution in [1.82, 2.24) is 19.6 Å². The van der Waals surface area contributed by atoms with Gasteiger partial charge in [0, 0.05) is 71.4 Å². The largest absolute Gasteiger partial charge is 0.377 e. The lowest BCUT2D eigenvalue weighted by Crippen LogP contribution is -2.51. The Morgan fingerprint density at radius 2 is 1.61 bits per heavy atom. The van der Waals surface area contributed by atoms with E-state index in [1.807, 2.05) is 12.1 Å². The van der Waals surface area contributed by atoms with Crippen LogP contribution < -0.4 is 5.32 Å². The predicted octanol–water partition coefficient (Wildman–Crippen LogP) is 2.39. The van der Waals surface area contributed by atoms with Crippen molar-refractivity contribution in [2.75, 3.05) is 64.7 Å². The van der Waals surface area contributed by atoms with E-state index < -0.39 is 0 Å². The molecule has 3 heterocycles. The Hall–Kier alpha value is -2.64. The van der Waals surface area contributed by atoms with Gasteiger partial charge in [0.05, 0.1) is 0 Å². The van der Waals surface area contributed by atoms with Crippen molar-refractivity contribution in [3.05, 3.63) is 53.8 Å². The summed E-state index contributed by atoms with van der Waals surface area (Å²) in [6, 6.07) is 8.02. The fraction of sp³-hybridized carbons (Fsp3) is 0.538. The lowest BCUT2D eigenvalue weighted by atomic mass is 9.94. The molecule has 2 amide bonds. The minimum absolute atomic E-state index is 0.0546. The molecule has 0 bridgehead atoms. The second-order valence-corrected chi connectivity index (χ2v) is 9.56. The number of rotatable bonds is 6. The fourth-order valence-electron chi connectivity index (χ4n) is 4.87. The minimum atomic E-state index is -0.0546. The summed E-state index contributed by atoms with van der Waals surface area (Å²) in [7, 11) is 2.09. The topological polar surface area (TPSA) is 59.1 Å². The van der Waals surface area contributed by atoms with Crippen molar-refractivity contribution < 1.29 is 9.59 Å². The standard InChI is InChI=1S/C26H37N5O2/c1-21(32)27-25-5-3-22(4-6-25)19-30-15-17-31(18-16-30)26(33)24-9-13-29(14-10-24)20-23-7-11-28(2)12-8-23/h3-8,11,24H,9-10,12-20H2,1-2H3,(H,27,32). The van der Waals surface area contributed by atoms with Crippen LogP contribution in [0, 0.1) is 5.92 Å². The molecule has 0 spiro atoms. The summed E-state index contributed by atoms with van der Waals surface area (Å²) in [4.78, 5) is 33.4. The van der Waals surface area contributed by atoms with Gasteiger partial charge in [-0.05, 0) is 61.5 Å². The smallest absolute Gasteiger partial charge is 0.225 e. The third kappa shape index (κ3) is 6.68. The Labute approximate surface area is 197 Å². The first-order chi connectivity index (χ1) is 16.0. The fourth-order valence-corrected chi connectivity index (χ4v) is 4.87. The van der Waals surface area contributed by atoms with Crippen LogP contribution in [0.4, 0.5) is 5.69 Å². The van der Waals surface area contributed by atoms with E-state index in [-0.39, 0.29) is 11.8 Å². The van der Waals surface area contributed by atoms with Crippen molar-refractivity contribution in [3.8, 4) is 0 Å². The van der Waals surface area contributed by atoms with Crippen LogP contribution in [0.25, 0.3) is 0 Å². The van der Waals surface area contributed by atoms with E-state index in [1.54, 1.807) is 0 Å². The SMILES string of the molecule is CC(=O)Nc1ccc(CN2CCN(C(=O)C3CCN(CC4=CCN(C)C=C4)CC3)CC2)cc1. The normalized spacial score (nSPS) is 20.6. The van der Waals surface area contributed by atoms with Gasteiger partial charge in [0.2, 0.25) is 11.8 Å². The van der Waals surface area contributed by atoms with Crippen molar-refractivity contribution in [2.24, 2.45) is 5.92 Å². The average Bonchev–Trinajstić information content (AvgIpc) is 2.82. The monoisotopic (exact) mass is 451 g/mol. The first-order valence-corrected chi connectivity index (χ1v) is 12.1. The molecule has 178 valence electrons. The summed E-state index contributed by atoms with van der Waals surface area (Å²) >= 11 is 0. The summed E-state index contributed by atoms with van der Waals surface area (Å²) in [5.41, 5.74) is 3.44. The van der Waals surface area contributed by atoms with Crippen LogP contribution in [-0.4, -0.2) is 90.8 Å². The Kier molecular flexibility index (Phi) is 7.83. The number of likely N-dealkylation sites (N-methyl/N-ethyl adjacent to an activating group) is 1. The highest BCUT2D eigenvalue weighted by atomic mass is 16.2. The summed E-state index contributed by atoms with van der Waals surface area (Å²) in [5, 5.41) is 2.80. The Bertz CT molecular complexity index is 878. The quantitative estimate of drug-likeness (QED) is 0.720. The zero-order chi connectivity index (χ0) is 23.2. The molecule has 7 heteroatoms. The van der Waals surface area contributed by atoms with Gasteiger partial charge in [0.25, 0.3) is 0 Å². The molecule has 0 radical (unpaired) electrons. The Morgan fingerprint density at radius 3 is 2.21 bits per heavy atom. The van der Waals surface area contributed by atoms with E-state index in [1.165, 1.54) is 18.1 Å². The second kappa shape index (κ2) is 11.0. The second-order valence-electron chi connectivity index (χ2n) is 9.56. The molecule has 1 aromatic carbocycles. The molecule has 0 aliphatic carbocycles. The summed E-state index contributed by atoms with van der Waals surface area (Å²) < 4.78 is 0. The third-order valence-electron chi connectivity index (χ3n) is 6.89. The number of likely N-dealkylation sites (tertiary alicyclic amines) is 1. The number of carbonyl (C=O) groups excluding carboxylic acids is 2. The molecule has 1 N–H and O–H groups in total. The number of amides is 2. The Balaban J connectivity index is 1.17. The zero-order valence-electron chi connectivity index (χ0n) is 20.0. The van der Waals surface area contributed by atoms with Crippen molar-refractivity contribution in [1.29, 1.82) is 0 Å². The number of hydrogen-bond donors (Lipinski definition) is 1. The molecule has 3 aliphatic heterocycles. The highest BCUT2D eigenvalue weighted by Crippen LogP contribution is 2.22. The van der Waals surface area contributed by atoms with Crippen LogP contribution in [0.15, 0.2) is 48.2 Å². The first-order valence-electron chi connectivity index (χ1n) is 12.1. The van der Waals surface area contributed by atoms with Crippen LogP contribution in [-0.2, 0) is 16.1 Å². The lowest BCUT2D eigenvalue weighted by Gasteiger charge is -2.38. The molecular weight excluding hydrogens is 414 g/mol. The molecule has 2 saturated heterocycles. The number of nitrogens with zero attached hydrogens (tertiary/aromatic N) is 4.